The van der Waals surface area contributed by atoms with Gasteiger partial charge in [0, 0.05) is 30.9 Å². The van der Waals surface area contributed by atoms with E-state index in [2.05, 4.69) is 16.9 Å². The molecule has 1 atom stereocenters. The Morgan fingerprint density at radius 2 is 2.13 bits per heavy atom. The van der Waals surface area contributed by atoms with Crippen molar-refractivity contribution in [2.45, 2.75) is 40.0 Å². The number of aromatic nitrogens is 2. The van der Waals surface area contributed by atoms with Gasteiger partial charge in [-0.25, -0.2) is 0 Å². The lowest BCUT2D eigenvalue weighted by atomic mass is 10.1. The molecule has 0 aliphatic carbocycles. The topological polar surface area (TPSA) is 63.7 Å². The fourth-order valence-corrected chi connectivity index (χ4v) is 3.14. The SMILES string of the molecule is Cc1ccc(C2CN(Cc3c(C)nn(CCO)c3C)CCO2)o1. The van der Waals surface area contributed by atoms with Crippen LogP contribution < -0.4 is 0 Å². The van der Waals surface area contributed by atoms with Crippen LogP contribution in [0.25, 0.3) is 0 Å². The Labute approximate surface area is 136 Å². The summed E-state index contributed by atoms with van der Waals surface area (Å²) in [7, 11) is 0. The number of aliphatic hydroxyl groups excluding tert-OH is 1. The molecule has 0 bridgehead atoms. The molecule has 3 heterocycles. The first-order valence-corrected chi connectivity index (χ1v) is 8.12. The van der Waals surface area contributed by atoms with E-state index in [-0.39, 0.29) is 12.7 Å². The van der Waals surface area contributed by atoms with Crippen LogP contribution in [0, 0.1) is 20.8 Å². The van der Waals surface area contributed by atoms with Crippen LogP contribution in [0.2, 0.25) is 0 Å². The molecule has 0 amide bonds. The molecule has 3 rings (SSSR count). The largest absolute Gasteiger partial charge is 0.464 e. The molecule has 0 saturated carbocycles. The van der Waals surface area contributed by atoms with Crippen molar-refractivity contribution in [2.75, 3.05) is 26.3 Å². The van der Waals surface area contributed by atoms with Crippen molar-refractivity contribution in [2.24, 2.45) is 0 Å². The molecule has 1 aliphatic heterocycles. The summed E-state index contributed by atoms with van der Waals surface area (Å²) in [5.41, 5.74) is 3.41. The van der Waals surface area contributed by atoms with E-state index in [0.717, 1.165) is 42.5 Å². The molecular weight excluding hydrogens is 294 g/mol. The van der Waals surface area contributed by atoms with Crippen molar-refractivity contribution in [3.63, 3.8) is 0 Å². The van der Waals surface area contributed by atoms with Crippen LogP contribution in [0.15, 0.2) is 16.5 Å². The average Bonchev–Trinajstić information content (AvgIpc) is 3.07. The quantitative estimate of drug-likeness (QED) is 0.913. The van der Waals surface area contributed by atoms with Crippen molar-refractivity contribution in [1.29, 1.82) is 0 Å². The molecule has 1 unspecified atom stereocenters. The Morgan fingerprint density at radius 1 is 1.30 bits per heavy atom. The number of furan rings is 1. The Balaban J connectivity index is 1.70. The summed E-state index contributed by atoms with van der Waals surface area (Å²) < 4.78 is 13.5. The van der Waals surface area contributed by atoms with Gasteiger partial charge in [-0.3, -0.25) is 9.58 Å². The highest BCUT2D eigenvalue weighted by molar-refractivity contribution is 5.24. The van der Waals surface area contributed by atoms with Crippen molar-refractivity contribution >= 4 is 0 Å². The van der Waals surface area contributed by atoms with Gasteiger partial charge in [0.2, 0.25) is 0 Å². The number of hydrogen-bond donors (Lipinski definition) is 1. The molecule has 1 fully saturated rings. The minimum Gasteiger partial charge on any atom is -0.464 e. The molecule has 23 heavy (non-hydrogen) atoms. The van der Waals surface area contributed by atoms with Crippen LogP contribution in [0.5, 0.6) is 0 Å². The van der Waals surface area contributed by atoms with Gasteiger partial charge in [-0.05, 0) is 32.9 Å². The number of aliphatic hydroxyl groups is 1. The van der Waals surface area contributed by atoms with Crippen molar-refractivity contribution in [3.05, 3.63) is 40.6 Å². The van der Waals surface area contributed by atoms with Gasteiger partial charge in [0.1, 0.15) is 17.6 Å². The summed E-state index contributed by atoms with van der Waals surface area (Å²) >= 11 is 0. The van der Waals surface area contributed by atoms with Gasteiger partial charge in [-0.2, -0.15) is 5.10 Å². The number of morpholine rings is 1. The molecule has 2 aromatic rings. The van der Waals surface area contributed by atoms with Crippen LogP contribution >= 0.6 is 0 Å². The zero-order valence-corrected chi connectivity index (χ0v) is 14.1. The summed E-state index contributed by atoms with van der Waals surface area (Å²) in [5, 5.41) is 13.7. The molecule has 0 radical (unpaired) electrons. The number of ether oxygens (including phenoxy) is 1. The number of hydrogen-bond acceptors (Lipinski definition) is 5. The highest BCUT2D eigenvalue weighted by Gasteiger charge is 2.25. The normalized spacial score (nSPS) is 19.4. The molecular formula is C17H25N3O3. The van der Waals surface area contributed by atoms with E-state index in [9.17, 15) is 0 Å². The first-order chi connectivity index (χ1) is 11.1. The summed E-state index contributed by atoms with van der Waals surface area (Å²) in [5.74, 6) is 1.81. The number of aryl methyl sites for hydroxylation is 2. The summed E-state index contributed by atoms with van der Waals surface area (Å²) in [6.45, 7) is 9.98. The van der Waals surface area contributed by atoms with E-state index in [1.807, 2.05) is 30.7 Å². The maximum absolute atomic E-state index is 9.13. The molecule has 6 heteroatoms. The molecule has 0 spiro atoms. The zero-order valence-electron chi connectivity index (χ0n) is 14.1. The Bertz CT molecular complexity index is 662. The molecule has 6 nitrogen and oxygen atoms in total. The van der Waals surface area contributed by atoms with Crippen molar-refractivity contribution in [3.8, 4) is 0 Å². The third-order valence-corrected chi connectivity index (χ3v) is 4.45. The van der Waals surface area contributed by atoms with Gasteiger partial charge in [0.05, 0.1) is 25.5 Å². The van der Waals surface area contributed by atoms with Gasteiger partial charge in [0.15, 0.2) is 0 Å². The minimum atomic E-state index is -0.00875. The standard InChI is InChI=1S/C17H25N3O3/c1-12-4-5-16(23-12)17-11-19(7-9-22-17)10-15-13(2)18-20(6-8-21)14(15)3/h4-5,17,21H,6-11H2,1-3H3. The summed E-state index contributed by atoms with van der Waals surface area (Å²) in [4.78, 5) is 2.38. The highest BCUT2D eigenvalue weighted by Crippen LogP contribution is 2.26. The van der Waals surface area contributed by atoms with E-state index in [4.69, 9.17) is 14.3 Å². The molecule has 2 aromatic heterocycles. The zero-order chi connectivity index (χ0) is 16.4. The predicted molar refractivity (Wildman–Crippen MR) is 86.2 cm³/mol. The Morgan fingerprint density at radius 3 is 2.83 bits per heavy atom. The lowest BCUT2D eigenvalue weighted by Crippen LogP contribution is -2.37. The first kappa shape index (κ1) is 16.2. The highest BCUT2D eigenvalue weighted by atomic mass is 16.5. The fraction of sp³-hybridized carbons (Fsp3) is 0.588. The van der Waals surface area contributed by atoms with E-state index in [0.29, 0.717) is 13.2 Å². The Hall–Kier alpha value is -1.63. The lowest BCUT2D eigenvalue weighted by molar-refractivity contribution is -0.0431. The summed E-state index contributed by atoms with van der Waals surface area (Å²) in [6, 6.07) is 3.98. The molecule has 1 aliphatic rings. The van der Waals surface area contributed by atoms with E-state index >= 15 is 0 Å². The monoisotopic (exact) mass is 319 g/mol. The third kappa shape index (κ3) is 3.49. The second-order valence-electron chi connectivity index (χ2n) is 6.14. The van der Waals surface area contributed by atoms with E-state index < -0.39 is 0 Å². The van der Waals surface area contributed by atoms with Crippen molar-refractivity contribution in [1.82, 2.24) is 14.7 Å². The second-order valence-corrected chi connectivity index (χ2v) is 6.14. The molecule has 1 N–H and O–H groups in total. The lowest BCUT2D eigenvalue weighted by Gasteiger charge is -2.32. The minimum absolute atomic E-state index is 0.00875. The van der Waals surface area contributed by atoms with Gasteiger partial charge >= 0.3 is 0 Å². The maximum Gasteiger partial charge on any atom is 0.134 e. The van der Waals surface area contributed by atoms with Crippen LogP contribution in [-0.2, 0) is 17.8 Å². The van der Waals surface area contributed by atoms with Crippen molar-refractivity contribution < 1.29 is 14.3 Å². The van der Waals surface area contributed by atoms with Gasteiger partial charge in [-0.15, -0.1) is 0 Å². The number of nitrogens with zero attached hydrogens (tertiary/aromatic N) is 3. The smallest absolute Gasteiger partial charge is 0.134 e. The maximum atomic E-state index is 9.13. The van der Waals surface area contributed by atoms with Crippen LogP contribution in [-0.4, -0.2) is 46.1 Å². The Kier molecular flexibility index (Phi) is 4.84. The first-order valence-electron chi connectivity index (χ1n) is 8.12. The van der Waals surface area contributed by atoms with Gasteiger partial charge in [0.25, 0.3) is 0 Å². The summed E-state index contributed by atoms with van der Waals surface area (Å²) in [6.07, 6.45) is -0.00875. The molecule has 126 valence electrons. The average molecular weight is 319 g/mol. The van der Waals surface area contributed by atoms with E-state index in [1.54, 1.807) is 0 Å². The number of rotatable bonds is 5. The predicted octanol–water partition coefficient (Wildman–Crippen LogP) is 1.97. The molecule has 0 aromatic carbocycles. The van der Waals surface area contributed by atoms with E-state index in [1.165, 1.54) is 5.56 Å². The van der Waals surface area contributed by atoms with Crippen LogP contribution in [0.4, 0.5) is 0 Å². The van der Waals surface area contributed by atoms with Gasteiger partial charge in [-0.1, -0.05) is 0 Å². The molecule has 1 saturated heterocycles. The van der Waals surface area contributed by atoms with Crippen LogP contribution in [0.1, 0.15) is 34.6 Å². The second kappa shape index (κ2) is 6.86. The van der Waals surface area contributed by atoms with Crippen LogP contribution in [0.3, 0.4) is 0 Å². The third-order valence-electron chi connectivity index (χ3n) is 4.45. The fourth-order valence-electron chi connectivity index (χ4n) is 3.14. The van der Waals surface area contributed by atoms with Gasteiger partial charge < -0.3 is 14.3 Å².